The van der Waals surface area contributed by atoms with Gasteiger partial charge in [0.05, 0.1) is 22.6 Å². The van der Waals surface area contributed by atoms with E-state index in [4.69, 9.17) is 11.6 Å². The first-order chi connectivity index (χ1) is 10.4. The smallest absolute Gasteiger partial charge is 0.263 e. The second-order valence-corrected chi connectivity index (χ2v) is 6.90. The summed E-state index contributed by atoms with van der Waals surface area (Å²) in [4.78, 5) is 4.27. The van der Waals surface area contributed by atoms with Crippen LogP contribution < -0.4 is 4.72 Å². The summed E-state index contributed by atoms with van der Waals surface area (Å²) in [5.74, 6) is 0. The van der Waals surface area contributed by atoms with Crippen molar-refractivity contribution in [2.75, 3.05) is 4.72 Å². The Balaban J connectivity index is 2.03. The zero-order chi connectivity index (χ0) is 15.9. The average molecular weight is 337 g/mol. The van der Waals surface area contributed by atoms with Crippen molar-refractivity contribution >= 4 is 38.3 Å². The van der Waals surface area contributed by atoms with Crippen LogP contribution in [0, 0.1) is 6.92 Å². The molecule has 0 aliphatic heterocycles. The highest BCUT2D eigenvalue weighted by Crippen LogP contribution is 2.25. The molecule has 0 spiro atoms. The Hall–Kier alpha value is -2.12. The summed E-state index contributed by atoms with van der Waals surface area (Å²) in [7, 11) is -1.98. The Morgan fingerprint density at radius 3 is 2.73 bits per heavy atom. The fourth-order valence-electron chi connectivity index (χ4n) is 2.24. The van der Waals surface area contributed by atoms with Crippen LogP contribution in [0.3, 0.4) is 0 Å². The van der Waals surface area contributed by atoms with Crippen LogP contribution in [0.15, 0.2) is 41.4 Å². The number of hydrogen-bond acceptors (Lipinski definition) is 4. The maximum atomic E-state index is 12.4. The number of aromatic nitrogens is 3. The van der Waals surface area contributed by atoms with Gasteiger partial charge in [0, 0.05) is 12.4 Å². The lowest BCUT2D eigenvalue weighted by Gasteiger charge is -2.09. The van der Waals surface area contributed by atoms with Crippen LogP contribution in [0.25, 0.3) is 11.0 Å². The predicted octanol–water partition coefficient (Wildman–Crippen LogP) is 2.73. The fourth-order valence-corrected chi connectivity index (χ4v) is 3.79. The average Bonchev–Trinajstić information content (AvgIpc) is 2.73. The summed E-state index contributed by atoms with van der Waals surface area (Å²) in [6.07, 6.45) is 1.46. The van der Waals surface area contributed by atoms with Crippen LogP contribution in [0.2, 0.25) is 5.02 Å². The molecule has 0 fully saturated rings. The van der Waals surface area contributed by atoms with Gasteiger partial charge in [0.2, 0.25) is 0 Å². The van der Waals surface area contributed by atoms with Gasteiger partial charge in [0.25, 0.3) is 10.0 Å². The molecule has 8 heteroatoms. The van der Waals surface area contributed by atoms with Gasteiger partial charge in [-0.1, -0.05) is 23.7 Å². The fraction of sp³-hybridized carbons (Fsp3) is 0.143. The van der Waals surface area contributed by atoms with E-state index in [1.165, 1.54) is 18.3 Å². The quantitative estimate of drug-likeness (QED) is 0.797. The van der Waals surface area contributed by atoms with E-state index in [1.54, 1.807) is 29.9 Å². The summed E-state index contributed by atoms with van der Waals surface area (Å²) in [6.45, 7) is 1.84. The molecule has 1 N–H and O–H groups in total. The molecule has 0 aliphatic carbocycles. The summed E-state index contributed by atoms with van der Waals surface area (Å²) >= 11 is 5.95. The van der Waals surface area contributed by atoms with Crippen LogP contribution >= 0.6 is 11.6 Å². The number of anilines is 1. The van der Waals surface area contributed by atoms with E-state index in [0.717, 1.165) is 11.1 Å². The summed E-state index contributed by atoms with van der Waals surface area (Å²) < 4.78 is 29.0. The Bertz CT molecular complexity index is 966. The summed E-state index contributed by atoms with van der Waals surface area (Å²) in [6, 6.07) is 7.98. The van der Waals surface area contributed by atoms with E-state index in [2.05, 4.69) is 14.8 Å². The van der Waals surface area contributed by atoms with Gasteiger partial charge in [-0.15, -0.1) is 0 Å². The number of halogens is 1. The second-order valence-electron chi connectivity index (χ2n) is 4.84. The molecule has 2 heterocycles. The molecule has 0 unspecified atom stereocenters. The molecule has 22 heavy (non-hydrogen) atoms. The summed E-state index contributed by atoms with van der Waals surface area (Å²) in [5.41, 5.74) is 1.84. The third-order valence-corrected chi connectivity index (χ3v) is 5.12. The molecule has 6 nitrogen and oxygen atoms in total. The molecule has 3 aromatic rings. The van der Waals surface area contributed by atoms with E-state index in [9.17, 15) is 8.42 Å². The van der Waals surface area contributed by atoms with Crippen LogP contribution in [-0.4, -0.2) is 23.2 Å². The minimum atomic E-state index is -3.77. The molecule has 0 atom stereocenters. The molecule has 0 saturated heterocycles. The first-order valence-electron chi connectivity index (χ1n) is 6.45. The number of nitrogens with zero attached hydrogens (tertiary/aromatic N) is 3. The lowest BCUT2D eigenvalue weighted by molar-refractivity contribution is 0.601. The van der Waals surface area contributed by atoms with E-state index >= 15 is 0 Å². The number of pyridine rings is 1. The highest BCUT2D eigenvalue weighted by atomic mass is 35.5. The number of nitrogens with one attached hydrogen (secondary N) is 1. The maximum absolute atomic E-state index is 12.4. The Morgan fingerprint density at radius 1 is 1.27 bits per heavy atom. The highest BCUT2D eigenvalue weighted by Gasteiger charge is 2.18. The molecule has 2 aromatic heterocycles. The van der Waals surface area contributed by atoms with Gasteiger partial charge in [0.1, 0.15) is 4.90 Å². The van der Waals surface area contributed by atoms with Crippen LogP contribution in [0.1, 0.15) is 5.69 Å². The van der Waals surface area contributed by atoms with Gasteiger partial charge >= 0.3 is 0 Å². The molecule has 3 rings (SSSR count). The third-order valence-electron chi connectivity index (χ3n) is 3.24. The minimum absolute atomic E-state index is 0.0275. The van der Waals surface area contributed by atoms with Crippen molar-refractivity contribution in [3.63, 3.8) is 0 Å². The Labute approximate surface area is 132 Å². The van der Waals surface area contributed by atoms with Gasteiger partial charge in [0.15, 0.2) is 5.65 Å². The molecule has 0 aliphatic rings. The lowest BCUT2D eigenvalue weighted by Crippen LogP contribution is -2.13. The molecule has 0 amide bonds. The molecular formula is C14H13ClN4O2S. The van der Waals surface area contributed by atoms with Crippen molar-refractivity contribution in [2.24, 2.45) is 7.05 Å². The van der Waals surface area contributed by atoms with Gasteiger partial charge < -0.3 is 0 Å². The number of sulfonamides is 1. The van der Waals surface area contributed by atoms with Crippen molar-refractivity contribution in [1.82, 2.24) is 14.8 Å². The van der Waals surface area contributed by atoms with Gasteiger partial charge in [-0.2, -0.15) is 5.10 Å². The van der Waals surface area contributed by atoms with E-state index in [-0.39, 0.29) is 9.92 Å². The van der Waals surface area contributed by atoms with Crippen molar-refractivity contribution < 1.29 is 8.42 Å². The van der Waals surface area contributed by atoms with Gasteiger partial charge in [-0.3, -0.25) is 9.40 Å². The number of aryl methyl sites for hydroxylation is 2. The SMILES string of the molecule is Cc1nn(C)c2ncc(NS(=O)(=O)c3ccccc3Cl)cc12. The molecule has 1 aromatic carbocycles. The zero-order valence-corrected chi connectivity index (χ0v) is 13.5. The molecule has 0 radical (unpaired) electrons. The standard InChI is InChI=1S/C14H13ClN4O2S/c1-9-11-7-10(8-16-14(11)19(2)17-9)18-22(20,21)13-6-4-3-5-12(13)15/h3-8,18H,1-2H3. The van der Waals surface area contributed by atoms with Gasteiger partial charge in [-0.25, -0.2) is 13.4 Å². The summed E-state index contributed by atoms with van der Waals surface area (Å²) in [5, 5.41) is 5.22. The highest BCUT2D eigenvalue weighted by molar-refractivity contribution is 7.92. The molecule has 114 valence electrons. The largest absolute Gasteiger partial charge is 0.278 e. The topological polar surface area (TPSA) is 76.9 Å². The number of hydrogen-bond donors (Lipinski definition) is 1. The number of rotatable bonds is 3. The first kappa shape index (κ1) is 14.8. The molecule has 0 bridgehead atoms. The number of fused-ring (bicyclic) bond motifs is 1. The van der Waals surface area contributed by atoms with Crippen LogP contribution in [0.5, 0.6) is 0 Å². The molecular weight excluding hydrogens is 324 g/mol. The third kappa shape index (κ3) is 2.53. The van der Waals surface area contributed by atoms with Crippen molar-refractivity contribution in [3.8, 4) is 0 Å². The Kier molecular flexibility index (Phi) is 3.54. The van der Waals surface area contributed by atoms with E-state index < -0.39 is 10.0 Å². The van der Waals surface area contributed by atoms with Crippen molar-refractivity contribution in [2.45, 2.75) is 11.8 Å². The van der Waals surface area contributed by atoms with E-state index in [0.29, 0.717) is 11.3 Å². The van der Waals surface area contributed by atoms with E-state index in [1.807, 2.05) is 6.92 Å². The van der Waals surface area contributed by atoms with Crippen molar-refractivity contribution in [3.05, 3.63) is 47.2 Å². The van der Waals surface area contributed by atoms with Crippen LogP contribution in [0.4, 0.5) is 5.69 Å². The predicted molar refractivity (Wildman–Crippen MR) is 85.5 cm³/mol. The zero-order valence-electron chi connectivity index (χ0n) is 11.9. The first-order valence-corrected chi connectivity index (χ1v) is 8.31. The second kappa shape index (κ2) is 5.26. The monoisotopic (exact) mass is 336 g/mol. The maximum Gasteiger partial charge on any atom is 0.263 e. The minimum Gasteiger partial charge on any atom is -0.278 e. The molecule has 0 saturated carbocycles. The Morgan fingerprint density at radius 2 is 2.00 bits per heavy atom. The van der Waals surface area contributed by atoms with Crippen LogP contribution in [-0.2, 0) is 17.1 Å². The van der Waals surface area contributed by atoms with Gasteiger partial charge in [-0.05, 0) is 25.1 Å². The van der Waals surface area contributed by atoms with Crippen molar-refractivity contribution in [1.29, 1.82) is 0 Å². The normalized spacial score (nSPS) is 11.8. The number of benzene rings is 1. The lowest BCUT2D eigenvalue weighted by atomic mass is 10.3.